The summed E-state index contributed by atoms with van der Waals surface area (Å²) in [7, 11) is 0. The van der Waals surface area contributed by atoms with Crippen molar-refractivity contribution in [1.29, 1.82) is 0 Å². The maximum atomic E-state index is 12.2. The Hall–Kier alpha value is -1.35. The number of nitrogens with two attached hydrogens (primary N) is 1. The zero-order valence-electron chi connectivity index (χ0n) is 14.1. The minimum atomic E-state index is 0.0388. The van der Waals surface area contributed by atoms with E-state index in [1.807, 2.05) is 20.8 Å². The fourth-order valence-electron chi connectivity index (χ4n) is 2.62. The van der Waals surface area contributed by atoms with Gasteiger partial charge in [-0.05, 0) is 51.7 Å². The fraction of sp³-hybridized carbons (Fsp3) is 0.611. The van der Waals surface area contributed by atoms with Gasteiger partial charge in [-0.1, -0.05) is 37.1 Å². The van der Waals surface area contributed by atoms with Gasteiger partial charge in [0, 0.05) is 12.0 Å². The SMILES string of the molecule is Cc1ccc(C(C)NC(=O)C(C)CCCC(C)N)c(C)c1. The van der Waals surface area contributed by atoms with Gasteiger partial charge >= 0.3 is 0 Å². The first-order chi connectivity index (χ1) is 9.81. The lowest BCUT2D eigenvalue weighted by atomic mass is 9.98. The predicted octanol–water partition coefficient (Wildman–Crippen LogP) is 3.63. The molecular weight excluding hydrogens is 260 g/mol. The van der Waals surface area contributed by atoms with E-state index in [0.29, 0.717) is 0 Å². The quantitative estimate of drug-likeness (QED) is 0.805. The third kappa shape index (κ3) is 5.88. The van der Waals surface area contributed by atoms with Crippen LogP contribution in [0.1, 0.15) is 62.8 Å². The Morgan fingerprint density at radius 1 is 1.19 bits per heavy atom. The molecule has 3 unspecified atom stereocenters. The van der Waals surface area contributed by atoms with Crippen LogP contribution in [-0.4, -0.2) is 11.9 Å². The predicted molar refractivity (Wildman–Crippen MR) is 89.1 cm³/mol. The molecule has 0 radical (unpaired) electrons. The normalized spacial score (nSPS) is 15.3. The molecule has 0 fully saturated rings. The number of hydrogen-bond acceptors (Lipinski definition) is 2. The molecule has 0 aromatic heterocycles. The number of carbonyl (C=O) groups is 1. The third-order valence-corrected chi connectivity index (χ3v) is 3.99. The highest BCUT2D eigenvalue weighted by Crippen LogP contribution is 2.19. The number of hydrogen-bond donors (Lipinski definition) is 2. The maximum Gasteiger partial charge on any atom is 0.223 e. The number of benzene rings is 1. The number of rotatable bonds is 7. The molecular formula is C18H30N2O. The van der Waals surface area contributed by atoms with Crippen LogP contribution in [0.25, 0.3) is 0 Å². The van der Waals surface area contributed by atoms with Crippen LogP contribution >= 0.6 is 0 Å². The van der Waals surface area contributed by atoms with Crippen LogP contribution in [0, 0.1) is 19.8 Å². The molecule has 1 aromatic rings. The Morgan fingerprint density at radius 2 is 1.86 bits per heavy atom. The molecule has 1 amide bonds. The average molecular weight is 290 g/mol. The molecule has 21 heavy (non-hydrogen) atoms. The monoisotopic (exact) mass is 290 g/mol. The Balaban J connectivity index is 2.53. The van der Waals surface area contributed by atoms with E-state index >= 15 is 0 Å². The van der Waals surface area contributed by atoms with Crippen LogP contribution in [0.15, 0.2) is 18.2 Å². The minimum Gasteiger partial charge on any atom is -0.349 e. The van der Waals surface area contributed by atoms with Crippen molar-refractivity contribution in [2.45, 2.75) is 66.0 Å². The van der Waals surface area contributed by atoms with Gasteiger partial charge in [-0.2, -0.15) is 0 Å². The molecule has 0 aliphatic heterocycles. The van der Waals surface area contributed by atoms with E-state index in [2.05, 4.69) is 37.4 Å². The summed E-state index contributed by atoms with van der Waals surface area (Å²) in [5.74, 6) is 0.170. The highest BCUT2D eigenvalue weighted by atomic mass is 16.1. The van der Waals surface area contributed by atoms with Gasteiger partial charge in [-0.3, -0.25) is 4.79 Å². The standard InChI is InChI=1S/C18H30N2O/c1-12-9-10-17(14(3)11-12)16(5)20-18(21)13(2)7-6-8-15(4)19/h9-11,13,15-16H,6-8,19H2,1-5H3,(H,20,21). The lowest BCUT2D eigenvalue weighted by molar-refractivity contribution is -0.125. The van der Waals surface area contributed by atoms with Crippen LogP contribution in [0.5, 0.6) is 0 Å². The van der Waals surface area contributed by atoms with Gasteiger partial charge in [0.05, 0.1) is 6.04 Å². The van der Waals surface area contributed by atoms with E-state index < -0.39 is 0 Å². The molecule has 3 N–H and O–H groups in total. The van der Waals surface area contributed by atoms with Gasteiger partial charge in [-0.25, -0.2) is 0 Å². The van der Waals surface area contributed by atoms with Crippen LogP contribution in [0.2, 0.25) is 0 Å². The molecule has 0 saturated heterocycles. The van der Waals surface area contributed by atoms with E-state index in [0.717, 1.165) is 19.3 Å². The lowest BCUT2D eigenvalue weighted by Crippen LogP contribution is -2.32. The van der Waals surface area contributed by atoms with Gasteiger partial charge in [0.25, 0.3) is 0 Å². The highest BCUT2D eigenvalue weighted by molar-refractivity contribution is 5.78. The minimum absolute atomic E-state index is 0.0388. The first-order valence-electron chi connectivity index (χ1n) is 7.94. The molecule has 3 nitrogen and oxygen atoms in total. The smallest absolute Gasteiger partial charge is 0.223 e. The topological polar surface area (TPSA) is 55.1 Å². The Labute approximate surface area is 129 Å². The van der Waals surface area contributed by atoms with Crippen LogP contribution in [-0.2, 0) is 4.79 Å². The number of carbonyl (C=O) groups excluding carboxylic acids is 1. The Kier molecular flexibility index (Phi) is 6.90. The first kappa shape index (κ1) is 17.7. The zero-order chi connectivity index (χ0) is 16.0. The van der Waals surface area contributed by atoms with Crippen LogP contribution in [0.4, 0.5) is 0 Å². The second-order valence-electron chi connectivity index (χ2n) is 6.40. The molecule has 3 atom stereocenters. The molecule has 0 aliphatic carbocycles. The molecule has 0 heterocycles. The maximum absolute atomic E-state index is 12.2. The van der Waals surface area contributed by atoms with Crippen molar-refractivity contribution < 1.29 is 4.79 Å². The van der Waals surface area contributed by atoms with E-state index in [9.17, 15) is 4.79 Å². The summed E-state index contributed by atoms with van der Waals surface area (Å²) in [6.45, 7) is 10.2. The molecule has 118 valence electrons. The van der Waals surface area contributed by atoms with Crippen LogP contribution in [0.3, 0.4) is 0 Å². The van der Waals surface area contributed by atoms with E-state index in [4.69, 9.17) is 5.73 Å². The van der Waals surface area contributed by atoms with Gasteiger partial charge in [0.15, 0.2) is 0 Å². The van der Waals surface area contributed by atoms with Gasteiger partial charge in [-0.15, -0.1) is 0 Å². The van der Waals surface area contributed by atoms with E-state index in [1.165, 1.54) is 16.7 Å². The third-order valence-electron chi connectivity index (χ3n) is 3.99. The van der Waals surface area contributed by atoms with Gasteiger partial charge < -0.3 is 11.1 Å². The summed E-state index contributed by atoms with van der Waals surface area (Å²) in [6, 6.07) is 6.63. The van der Waals surface area contributed by atoms with Crippen molar-refractivity contribution in [1.82, 2.24) is 5.32 Å². The van der Waals surface area contributed by atoms with Crippen molar-refractivity contribution in [3.63, 3.8) is 0 Å². The average Bonchev–Trinajstić information content (AvgIpc) is 2.37. The summed E-state index contributed by atoms with van der Waals surface area (Å²) in [5.41, 5.74) is 9.41. The molecule has 3 heteroatoms. The van der Waals surface area contributed by atoms with Crippen molar-refractivity contribution in [3.8, 4) is 0 Å². The fourth-order valence-corrected chi connectivity index (χ4v) is 2.62. The van der Waals surface area contributed by atoms with Gasteiger partial charge in [0.1, 0.15) is 0 Å². The lowest BCUT2D eigenvalue weighted by Gasteiger charge is -2.20. The number of aryl methyl sites for hydroxylation is 2. The van der Waals surface area contributed by atoms with Crippen molar-refractivity contribution >= 4 is 5.91 Å². The molecule has 0 aliphatic rings. The zero-order valence-corrected chi connectivity index (χ0v) is 14.1. The first-order valence-corrected chi connectivity index (χ1v) is 7.94. The van der Waals surface area contributed by atoms with E-state index in [-0.39, 0.29) is 23.9 Å². The summed E-state index contributed by atoms with van der Waals surface area (Å²) in [5, 5.41) is 3.12. The summed E-state index contributed by atoms with van der Waals surface area (Å²) >= 11 is 0. The second-order valence-corrected chi connectivity index (χ2v) is 6.40. The van der Waals surface area contributed by atoms with Crippen molar-refractivity contribution in [2.75, 3.05) is 0 Å². The molecule has 0 bridgehead atoms. The number of nitrogens with one attached hydrogen (secondary N) is 1. The summed E-state index contributed by atoms with van der Waals surface area (Å²) < 4.78 is 0. The largest absolute Gasteiger partial charge is 0.349 e. The van der Waals surface area contributed by atoms with Crippen LogP contribution < -0.4 is 11.1 Å². The van der Waals surface area contributed by atoms with E-state index in [1.54, 1.807) is 0 Å². The van der Waals surface area contributed by atoms with Crippen molar-refractivity contribution in [2.24, 2.45) is 11.7 Å². The summed E-state index contributed by atoms with van der Waals surface area (Å²) in [6.07, 6.45) is 2.88. The summed E-state index contributed by atoms with van der Waals surface area (Å²) in [4.78, 5) is 12.2. The molecule has 0 spiro atoms. The molecule has 0 saturated carbocycles. The van der Waals surface area contributed by atoms with Gasteiger partial charge in [0.2, 0.25) is 5.91 Å². The molecule has 1 aromatic carbocycles. The highest BCUT2D eigenvalue weighted by Gasteiger charge is 2.17. The Bertz CT molecular complexity index is 468. The Morgan fingerprint density at radius 3 is 2.43 bits per heavy atom. The molecule has 1 rings (SSSR count). The second kappa shape index (κ2) is 8.18. The van der Waals surface area contributed by atoms with Crippen molar-refractivity contribution in [3.05, 3.63) is 34.9 Å². The number of amides is 1.